The Morgan fingerprint density at radius 3 is 2.71 bits per heavy atom. The predicted octanol–water partition coefficient (Wildman–Crippen LogP) is 2.96. The molecule has 3 aromatic rings. The van der Waals surface area contributed by atoms with E-state index in [9.17, 15) is 19.1 Å². The van der Waals surface area contributed by atoms with Crippen LogP contribution in [0.25, 0.3) is 10.9 Å². The summed E-state index contributed by atoms with van der Waals surface area (Å²) in [6.07, 6.45) is 4.88. The number of hydrazine groups is 2. The van der Waals surface area contributed by atoms with Gasteiger partial charge < -0.3 is 20.4 Å². The second-order valence-electron chi connectivity index (χ2n) is 7.62. The SMILES string of the molecule is O=C(O)c1cn(C2CC2)c2cc(N3C=C(CNc4ccccc4)NN3)c(F)cc2c1=O. The third-order valence-electron chi connectivity index (χ3n) is 5.41. The number of rotatable bonds is 6. The van der Waals surface area contributed by atoms with Crippen LogP contribution in [-0.4, -0.2) is 22.2 Å². The van der Waals surface area contributed by atoms with Gasteiger partial charge in [0, 0.05) is 29.5 Å². The van der Waals surface area contributed by atoms with Gasteiger partial charge in [-0.15, -0.1) is 5.53 Å². The fraction of sp³-hybridized carbons (Fsp3) is 0.182. The fourth-order valence-electron chi connectivity index (χ4n) is 3.68. The molecule has 0 radical (unpaired) electrons. The van der Waals surface area contributed by atoms with Gasteiger partial charge in [-0.1, -0.05) is 18.2 Å². The molecule has 158 valence electrons. The molecular formula is C22H20FN5O3. The van der Waals surface area contributed by atoms with Gasteiger partial charge in [-0.25, -0.2) is 9.18 Å². The minimum Gasteiger partial charge on any atom is -0.477 e. The third kappa shape index (κ3) is 3.59. The van der Waals surface area contributed by atoms with Crippen LogP contribution >= 0.6 is 0 Å². The minimum absolute atomic E-state index is 0.0650. The van der Waals surface area contributed by atoms with Crippen LogP contribution in [0.15, 0.2) is 65.4 Å². The number of hydrogen-bond acceptors (Lipinski definition) is 6. The first-order chi connectivity index (χ1) is 15.0. The molecule has 8 nitrogen and oxygen atoms in total. The molecule has 0 bridgehead atoms. The van der Waals surface area contributed by atoms with Gasteiger partial charge in [-0.2, -0.15) is 0 Å². The number of carboxylic acids is 1. The molecule has 1 aliphatic heterocycles. The quantitative estimate of drug-likeness (QED) is 0.486. The molecule has 2 heterocycles. The number of aromatic carboxylic acids is 1. The fourth-order valence-corrected chi connectivity index (χ4v) is 3.68. The molecule has 1 saturated carbocycles. The Hall–Kier alpha value is -3.85. The van der Waals surface area contributed by atoms with E-state index in [2.05, 4.69) is 16.3 Å². The van der Waals surface area contributed by atoms with Crippen molar-refractivity contribution in [3.63, 3.8) is 0 Å². The van der Waals surface area contributed by atoms with Crippen molar-refractivity contribution in [1.29, 1.82) is 0 Å². The lowest BCUT2D eigenvalue weighted by atomic mass is 10.1. The van der Waals surface area contributed by atoms with Crippen LogP contribution in [-0.2, 0) is 0 Å². The smallest absolute Gasteiger partial charge is 0.341 e. The number of carbonyl (C=O) groups is 1. The Balaban J connectivity index is 1.49. The van der Waals surface area contributed by atoms with E-state index in [1.54, 1.807) is 16.8 Å². The van der Waals surface area contributed by atoms with E-state index in [0.29, 0.717) is 12.1 Å². The molecule has 31 heavy (non-hydrogen) atoms. The molecule has 5 rings (SSSR count). The summed E-state index contributed by atoms with van der Waals surface area (Å²) in [5.41, 5.74) is 7.37. The Morgan fingerprint density at radius 2 is 2.00 bits per heavy atom. The predicted molar refractivity (Wildman–Crippen MR) is 115 cm³/mol. The molecule has 1 aromatic heterocycles. The number of aromatic nitrogens is 1. The highest BCUT2D eigenvalue weighted by molar-refractivity contribution is 5.93. The Bertz CT molecular complexity index is 1270. The summed E-state index contributed by atoms with van der Waals surface area (Å²) < 4.78 is 16.7. The van der Waals surface area contributed by atoms with Gasteiger partial charge in [0.05, 0.1) is 23.4 Å². The third-order valence-corrected chi connectivity index (χ3v) is 5.41. The number of para-hydroxylation sites is 1. The number of halogens is 1. The topological polar surface area (TPSA) is 98.6 Å². The van der Waals surface area contributed by atoms with Crippen LogP contribution in [0.4, 0.5) is 15.8 Å². The number of carboxylic acid groups (broad SMARTS) is 1. The molecular weight excluding hydrogens is 401 g/mol. The van der Waals surface area contributed by atoms with E-state index in [0.717, 1.165) is 30.3 Å². The number of fused-ring (bicyclic) bond motifs is 1. The first-order valence-corrected chi connectivity index (χ1v) is 9.93. The van der Waals surface area contributed by atoms with E-state index >= 15 is 0 Å². The first-order valence-electron chi connectivity index (χ1n) is 9.93. The minimum atomic E-state index is -1.31. The molecule has 0 spiro atoms. The lowest BCUT2D eigenvalue weighted by Crippen LogP contribution is -2.37. The largest absolute Gasteiger partial charge is 0.477 e. The van der Waals surface area contributed by atoms with Crippen molar-refractivity contribution in [2.45, 2.75) is 18.9 Å². The average Bonchev–Trinajstić information content (AvgIpc) is 3.50. The molecule has 9 heteroatoms. The standard InChI is InChI=1S/C22H20FN5O3/c23-18-8-16-19(27(15-6-7-15)12-17(21(16)29)22(30)31)9-20(18)28-11-14(25-26-28)10-24-13-4-2-1-3-5-13/h1-5,8-9,11-12,15,24-26H,6-7,10H2,(H,30,31). The molecule has 0 amide bonds. The normalized spacial score (nSPS) is 15.6. The number of nitrogens with one attached hydrogen (secondary N) is 3. The van der Waals surface area contributed by atoms with Crippen LogP contribution in [0.2, 0.25) is 0 Å². The summed E-state index contributed by atoms with van der Waals surface area (Å²) in [6, 6.07) is 12.5. The highest BCUT2D eigenvalue weighted by Crippen LogP contribution is 2.38. The zero-order chi connectivity index (χ0) is 21.5. The van der Waals surface area contributed by atoms with Crippen LogP contribution in [0, 0.1) is 5.82 Å². The van der Waals surface area contributed by atoms with Crippen molar-refractivity contribution in [2.24, 2.45) is 0 Å². The van der Waals surface area contributed by atoms with Gasteiger partial charge in [-0.3, -0.25) is 9.80 Å². The van der Waals surface area contributed by atoms with Crippen LogP contribution in [0.3, 0.4) is 0 Å². The van der Waals surface area contributed by atoms with Gasteiger partial charge >= 0.3 is 5.97 Å². The first kappa shape index (κ1) is 19.1. The maximum Gasteiger partial charge on any atom is 0.341 e. The van der Waals surface area contributed by atoms with Crippen LogP contribution in [0.1, 0.15) is 29.2 Å². The van der Waals surface area contributed by atoms with Gasteiger partial charge in [-0.05, 0) is 37.1 Å². The monoisotopic (exact) mass is 421 g/mol. The highest BCUT2D eigenvalue weighted by Gasteiger charge is 2.28. The van der Waals surface area contributed by atoms with Gasteiger partial charge in [0.1, 0.15) is 11.4 Å². The number of anilines is 2. The van der Waals surface area contributed by atoms with E-state index in [-0.39, 0.29) is 22.7 Å². The molecule has 4 N–H and O–H groups in total. The maximum atomic E-state index is 15.0. The van der Waals surface area contributed by atoms with Gasteiger partial charge in [0.25, 0.3) is 0 Å². The average molecular weight is 421 g/mol. The number of benzene rings is 2. The van der Waals surface area contributed by atoms with E-state index in [4.69, 9.17) is 0 Å². The Morgan fingerprint density at radius 1 is 1.23 bits per heavy atom. The van der Waals surface area contributed by atoms with Crippen LogP contribution in [0.5, 0.6) is 0 Å². The molecule has 0 saturated heterocycles. The van der Waals surface area contributed by atoms with Crippen molar-refractivity contribution in [2.75, 3.05) is 16.9 Å². The molecule has 0 atom stereocenters. The lowest BCUT2D eigenvalue weighted by molar-refractivity contribution is 0.0695. The summed E-state index contributed by atoms with van der Waals surface area (Å²) in [4.78, 5) is 24.1. The van der Waals surface area contributed by atoms with Crippen molar-refractivity contribution in [1.82, 2.24) is 15.5 Å². The van der Waals surface area contributed by atoms with Crippen molar-refractivity contribution >= 4 is 28.2 Å². The van der Waals surface area contributed by atoms with Gasteiger partial charge in [0.2, 0.25) is 5.43 Å². The summed E-state index contributed by atoms with van der Waals surface area (Å²) >= 11 is 0. The summed E-state index contributed by atoms with van der Waals surface area (Å²) in [7, 11) is 0. The van der Waals surface area contributed by atoms with Crippen molar-refractivity contribution in [3.05, 3.63) is 82.2 Å². The second kappa shape index (κ2) is 7.44. The Labute approximate surface area is 176 Å². The molecule has 1 fully saturated rings. The number of pyridine rings is 1. The van der Waals surface area contributed by atoms with Crippen molar-refractivity contribution < 1.29 is 14.3 Å². The van der Waals surface area contributed by atoms with E-state index in [1.165, 1.54) is 11.2 Å². The molecule has 1 aliphatic carbocycles. The summed E-state index contributed by atoms with van der Waals surface area (Å²) in [5.74, 6) is -1.94. The molecule has 2 aliphatic rings. The zero-order valence-electron chi connectivity index (χ0n) is 16.4. The highest BCUT2D eigenvalue weighted by atomic mass is 19.1. The molecule has 0 unspecified atom stereocenters. The zero-order valence-corrected chi connectivity index (χ0v) is 16.4. The van der Waals surface area contributed by atoms with Crippen molar-refractivity contribution in [3.8, 4) is 0 Å². The summed E-state index contributed by atoms with van der Waals surface area (Å²) in [5, 5.41) is 14.2. The lowest BCUT2D eigenvalue weighted by Gasteiger charge is -2.18. The maximum absolute atomic E-state index is 15.0. The second-order valence-corrected chi connectivity index (χ2v) is 7.62. The van der Waals surface area contributed by atoms with E-state index < -0.39 is 17.2 Å². The van der Waals surface area contributed by atoms with E-state index in [1.807, 2.05) is 30.3 Å². The van der Waals surface area contributed by atoms with Crippen LogP contribution < -0.4 is 26.7 Å². The summed E-state index contributed by atoms with van der Waals surface area (Å²) in [6.45, 7) is 0.497. The van der Waals surface area contributed by atoms with Gasteiger partial charge in [0.15, 0.2) is 0 Å². The Kier molecular flexibility index (Phi) is 4.59. The number of nitrogens with zero attached hydrogens (tertiary/aromatic N) is 2. The molecule has 2 aromatic carbocycles. The number of hydrogen-bond donors (Lipinski definition) is 4.